The number of carbonyl (C=O) groups is 4. The van der Waals surface area contributed by atoms with Crippen LogP contribution in [-0.2, 0) is 32.0 Å². The molecular weight excluding hydrogens is 706 g/mol. The third kappa shape index (κ3) is 20.5. The van der Waals surface area contributed by atoms with Crippen LogP contribution >= 0.6 is 0 Å². The molecule has 52 heavy (non-hydrogen) atoms. The molecule has 0 aliphatic heterocycles. The molecule has 18 heteroatoms. The molecule has 0 bridgehead atoms. The van der Waals surface area contributed by atoms with Crippen LogP contribution in [0.5, 0.6) is 11.5 Å². The van der Waals surface area contributed by atoms with Crippen LogP contribution in [0.2, 0.25) is 0 Å². The van der Waals surface area contributed by atoms with Gasteiger partial charge in [-0.25, -0.2) is 9.59 Å². The first-order valence-electron chi connectivity index (χ1n) is 15.7. The largest absolute Gasteiger partial charge is 0.490 e. The monoisotopic (exact) mass is 750 g/mol. The van der Waals surface area contributed by atoms with Crippen molar-refractivity contribution in [2.24, 2.45) is 11.5 Å². The Kier molecular flexibility index (Phi) is 22.5. The van der Waals surface area contributed by atoms with Crippen molar-refractivity contribution in [2.45, 2.75) is 50.9 Å². The van der Waals surface area contributed by atoms with Crippen molar-refractivity contribution >= 4 is 23.8 Å². The number of allylic oxidation sites excluding steroid dienone is 2. The Labute approximate surface area is 296 Å². The van der Waals surface area contributed by atoms with Gasteiger partial charge in [0.15, 0.2) is 13.2 Å². The number of rotatable bonds is 19. The van der Waals surface area contributed by atoms with Gasteiger partial charge in [0, 0.05) is 18.7 Å². The van der Waals surface area contributed by atoms with E-state index in [1.165, 1.54) is 0 Å². The number of carboxylic acid groups (broad SMARTS) is 2. The molecule has 0 atom stereocenters. The number of hydrogen-bond donors (Lipinski definition) is 6. The molecule has 2 amide bonds. The first-order valence-corrected chi connectivity index (χ1v) is 15.7. The van der Waals surface area contributed by atoms with Crippen molar-refractivity contribution in [3.63, 3.8) is 0 Å². The summed E-state index contributed by atoms with van der Waals surface area (Å²) >= 11 is 0. The van der Waals surface area contributed by atoms with Gasteiger partial charge in [-0.2, -0.15) is 26.3 Å². The van der Waals surface area contributed by atoms with Gasteiger partial charge in [0.2, 0.25) is 0 Å². The van der Waals surface area contributed by atoms with Crippen molar-refractivity contribution in [3.8, 4) is 22.6 Å². The topological polar surface area (TPSA) is 203 Å². The van der Waals surface area contributed by atoms with Crippen molar-refractivity contribution < 1.29 is 65.2 Å². The fourth-order valence-corrected chi connectivity index (χ4v) is 3.81. The van der Waals surface area contributed by atoms with E-state index in [1.54, 1.807) is 6.08 Å². The first kappa shape index (κ1) is 46.9. The van der Waals surface area contributed by atoms with Crippen molar-refractivity contribution in [3.05, 3.63) is 72.8 Å². The predicted molar refractivity (Wildman–Crippen MR) is 181 cm³/mol. The van der Waals surface area contributed by atoms with E-state index in [-0.39, 0.29) is 25.0 Å². The smallest absolute Gasteiger partial charge is 0.483 e. The van der Waals surface area contributed by atoms with Gasteiger partial charge in [0.05, 0.1) is 0 Å². The van der Waals surface area contributed by atoms with Crippen LogP contribution in [0, 0.1) is 0 Å². The maximum atomic E-state index is 12.3. The molecule has 2 rings (SSSR count). The minimum absolute atomic E-state index is 0.0737. The van der Waals surface area contributed by atoms with E-state index in [9.17, 15) is 35.9 Å². The molecule has 0 fully saturated rings. The summed E-state index contributed by atoms with van der Waals surface area (Å²) in [5.41, 5.74) is 14.7. The Balaban J connectivity index is 0.00000156. The molecule has 0 heterocycles. The lowest BCUT2D eigenvalue weighted by Gasteiger charge is -2.16. The highest BCUT2D eigenvalue weighted by Crippen LogP contribution is 2.34. The fraction of sp³-hybridized carbons (Fsp3) is 0.412. The van der Waals surface area contributed by atoms with Gasteiger partial charge in [-0.3, -0.25) is 9.59 Å². The summed E-state index contributed by atoms with van der Waals surface area (Å²) < 4.78 is 75.2. The lowest BCUT2D eigenvalue weighted by molar-refractivity contribution is -0.193. The molecule has 0 saturated carbocycles. The molecule has 290 valence electrons. The van der Waals surface area contributed by atoms with Gasteiger partial charge in [-0.15, -0.1) is 13.2 Å². The minimum Gasteiger partial charge on any atom is -0.483 e. The summed E-state index contributed by atoms with van der Waals surface area (Å²) in [5, 5.41) is 19.9. The molecule has 2 aromatic rings. The minimum atomic E-state index is -5.08. The molecule has 0 radical (unpaired) electrons. The number of carbonyl (C=O) groups excluding carboxylic acids is 2. The van der Waals surface area contributed by atoms with Gasteiger partial charge in [-0.1, -0.05) is 24.3 Å². The molecule has 2 aromatic carbocycles. The Morgan fingerprint density at radius 2 is 1.13 bits per heavy atom. The quantitative estimate of drug-likeness (QED) is 0.0672. The van der Waals surface area contributed by atoms with Crippen LogP contribution in [0.25, 0.3) is 11.1 Å². The van der Waals surface area contributed by atoms with E-state index in [4.69, 9.17) is 40.7 Å². The van der Waals surface area contributed by atoms with E-state index in [0.29, 0.717) is 50.5 Å². The van der Waals surface area contributed by atoms with E-state index >= 15 is 0 Å². The van der Waals surface area contributed by atoms with Crippen molar-refractivity contribution in [1.82, 2.24) is 10.6 Å². The lowest BCUT2D eigenvalue weighted by atomic mass is 9.97. The number of unbranched alkanes of at least 4 members (excludes halogenated alkanes) is 2. The maximum absolute atomic E-state index is 12.3. The van der Waals surface area contributed by atoms with Gasteiger partial charge in [-0.05, 0) is 92.6 Å². The average molecular weight is 751 g/mol. The third-order valence-electron chi connectivity index (χ3n) is 6.27. The van der Waals surface area contributed by atoms with Crippen LogP contribution in [0.15, 0.2) is 61.7 Å². The van der Waals surface area contributed by atoms with Crippen LogP contribution in [0.4, 0.5) is 26.3 Å². The summed E-state index contributed by atoms with van der Waals surface area (Å²) in [6.45, 7) is 9.90. The zero-order chi connectivity index (χ0) is 39.7. The highest BCUT2D eigenvalue weighted by atomic mass is 19.4. The van der Waals surface area contributed by atoms with Gasteiger partial charge in [0.25, 0.3) is 11.8 Å². The summed E-state index contributed by atoms with van der Waals surface area (Å²) in [7, 11) is 0. The number of alkyl halides is 6. The number of hydrogen-bond acceptors (Lipinski definition) is 8. The Morgan fingerprint density at radius 1 is 0.692 bits per heavy atom. The lowest BCUT2D eigenvalue weighted by Crippen LogP contribution is -2.30. The molecular formula is C34H44F6N4O8. The second-order valence-corrected chi connectivity index (χ2v) is 10.5. The Bertz CT molecular complexity index is 1430. The number of nitrogens with two attached hydrogens (primary N) is 2. The summed E-state index contributed by atoms with van der Waals surface area (Å²) in [5.74, 6) is -4.65. The Hall–Kier alpha value is -5.10. The van der Waals surface area contributed by atoms with Gasteiger partial charge in [0.1, 0.15) is 11.5 Å². The highest BCUT2D eigenvalue weighted by molar-refractivity contribution is 5.79. The van der Waals surface area contributed by atoms with Crippen LogP contribution in [-0.4, -0.2) is 85.7 Å². The number of benzene rings is 2. The van der Waals surface area contributed by atoms with Gasteiger partial charge < -0.3 is 41.8 Å². The molecule has 0 unspecified atom stereocenters. The first-order chi connectivity index (χ1) is 24.4. The maximum Gasteiger partial charge on any atom is 0.490 e. The summed E-state index contributed by atoms with van der Waals surface area (Å²) in [4.78, 5) is 42.2. The standard InChI is InChI=1S/C30H42N4O4.2C2HF3O2/c1-3-9-23-11-13-28(38-22-30(36)34-18-8-6-16-32)26(19-23)24-12-14-27(25(20-24)10-4-2)37-21-29(35)33-17-7-5-15-31;2*3-2(4,5)1(6)7/h3-4,11-14,19-20H,1-2,5-10,15-18,21-22,31-32H2,(H,33,35)(H,34,36);2*(H,6,7). The molecule has 0 aliphatic carbocycles. The third-order valence-corrected chi connectivity index (χ3v) is 6.27. The molecule has 0 aliphatic rings. The van der Waals surface area contributed by atoms with Gasteiger partial charge >= 0.3 is 24.3 Å². The highest BCUT2D eigenvalue weighted by Gasteiger charge is 2.38. The SMILES string of the molecule is C=CCc1ccc(OCC(=O)NCCCCN)c(-c2ccc(OCC(=O)NCCCCN)c(CC=C)c2)c1.O=C(O)C(F)(F)F.O=C(O)C(F)(F)F. The van der Waals surface area contributed by atoms with Crippen LogP contribution < -0.4 is 31.6 Å². The van der Waals surface area contributed by atoms with Crippen molar-refractivity contribution in [1.29, 1.82) is 0 Å². The summed E-state index contributed by atoms with van der Waals surface area (Å²) in [6.07, 6.45) is -1.86. The normalized spacial score (nSPS) is 10.7. The average Bonchev–Trinajstić information content (AvgIpc) is 3.07. The zero-order valence-corrected chi connectivity index (χ0v) is 28.3. The fourth-order valence-electron chi connectivity index (χ4n) is 3.81. The number of nitrogens with one attached hydrogen (secondary N) is 2. The van der Waals surface area contributed by atoms with Crippen LogP contribution in [0.3, 0.4) is 0 Å². The predicted octanol–water partition coefficient (Wildman–Crippen LogP) is 4.55. The van der Waals surface area contributed by atoms with Crippen LogP contribution in [0.1, 0.15) is 36.8 Å². The number of aliphatic carboxylic acids is 2. The number of ether oxygens (including phenoxy) is 2. The van der Waals surface area contributed by atoms with E-state index < -0.39 is 24.3 Å². The number of amides is 2. The molecule has 0 spiro atoms. The van der Waals surface area contributed by atoms with Crippen molar-refractivity contribution in [2.75, 3.05) is 39.4 Å². The number of halogens is 6. The summed E-state index contributed by atoms with van der Waals surface area (Å²) in [6, 6.07) is 11.7. The van der Waals surface area contributed by atoms with E-state index in [1.807, 2.05) is 42.5 Å². The molecule has 12 nitrogen and oxygen atoms in total. The van der Waals surface area contributed by atoms with E-state index in [0.717, 1.165) is 47.9 Å². The molecule has 8 N–H and O–H groups in total. The second kappa shape index (κ2) is 25.0. The zero-order valence-electron chi connectivity index (χ0n) is 28.3. The van der Waals surface area contributed by atoms with E-state index in [2.05, 4.69) is 23.8 Å². The molecule has 0 aromatic heterocycles. The second-order valence-electron chi connectivity index (χ2n) is 10.5. The Morgan fingerprint density at radius 3 is 1.56 bits per heavy atom. The molecule has 0 saturated heterocycles. The number of carboxylic acids is 2.